The van der Waals surface area contributed by atoms with Gasteiger partial charge in [0.15, 0.2) is 0 Å². The van der Waals surface area contributed by atoms with Gasteiger partial charge < -0.3 is 10.6 Å². The number of nitrogens with zero attached hydrogens (tertiary/aromatic N) is 2. The number of anilines is 1. The van der Waals surface area contributed by atoms with Crippen LogP contribution in [0.2, 0.25) is 0 Å². The van der Waals surface area contributed by atoms with E-state index in [1.54, 1.807) is 23.5 Å². The number of thioether (sulfide) groups is 1. The Kier molecular flexibility index (Phi) is 6.74. The molecule has 1 atom stereocenters. The number of nitrogens with one attached hydrogen (secondary N) is 2. The molecule has 0 radical (unpaired) electrons. The lowest BCUT2D eigenvalue weighted by Gasteiger charge is -2.17. The highest BCUT2D eigenvalue weighted by molar-refractivity contribution is 7.98. The Morgan fingerprint density at radius 2 is 2.10 bits per heavy atom. The molecule has 0 saturated heterocycles. The smallest absolute Gasteiger partial charge is 0.248 e. The first kappa shape index (κ1) is 17.6. The normalized spacial score (nSPS) is 12.0. The highest BCUT2D eigenvalue weighted by Crippen LogP contribution is 2.19. The lowest BCUT2D eigenvalue weighted by molar-refractivity contribution is -0.125. The molecule has 0 bridgehead atoms. The maximum absolute atomic E-state index is 12.4. The van der Waals surface area contributed by atoms with Crippen LogP contribution in [-0.4, -0.2) is 39.6 Å². The Bertz CT molecular complexity index is 513. The second-order valence-electron chi connectivity index (χ2n) is 4.91. The fraction of sp³-hybridized carbons (Fsp3) is 0.643. The van der Waals surface area contributed by atoms with E-state index in [0.717, 1.165) is 23.4 Å². The van der Waals surface area contributed by atoms with Gasteiger partial charge in [-0.3, -0.25) is 14.3 Å². The second kappa shape index (κ2) is 8.07. The average Bonchev–Trinajstić information content (AvgIpc) is 2.68. The molecule has 0 aliphatic heterocycles. The first-order valence-electron chi connectivity index (χ1n) is 7.00. The third-order valence-corrected chi connectivity index (χ3v) is 3.89. The summed E-state index contributed by atoms with van der Waals surface area (Å²) in [5, 5.41) is 9.93. The fourth-order valence-electron chi connectivity index (χ4n) is 2.24. The van der Waals surface area contributed by atoms with E-state index in [2.05, 4.69) is 15.7 Å². The van der Waals surface area contributed by atoms with Crippen molar-refractivity contribution in [1.29, 1.82) is 0 Å². The first-order valence-corrected chi connectivity index (χ1v) is 8.39. The van der Waals surface area contributed by atoms with E-state index in [-0.39, 0.29) is 11.8 Å². The third kappa shape index (κ3) is 4.77. The van der Waals surface area contributed by atoms with Crippen molar-refractivity contribution in [3.63, 3.8) is 0 Å². The van der Waals surface area contributed by atoms with Crippen molar-refractivity contribution >= 4 is 29.4 Å². The van der Waals surface area contributed by atoms with Crippen molar-refractivity contribution in [3.8, 4) is 0 Å². The molecule has 118 valence electrons. The summed E-state index contributed by atoms with van der Waals surface area (Å²) < 4.78 is 1.67. The van der Waals surface area contributed by atoms with Gasteiger partial charge in [-0.2, -0.15) is 16.9 Å². The van der Waals surface area contributed by atoms with Crippen LogP contribution in [0, 0.1) is 6.92 Å². The van der Waals surface area contributed by atoms with Crippen molar-refractivity contribution in [1.82, 2.24) is 15.1 Å². The third-order valence-electron chi connectivity index (χ3n) is 3.25. The Hall–Kier alpha value is -1.50. The van der Waals surface area contributed by atoms with Crippen LogP contribution in [0.1, 0.15) is 31.5 Å². The lowest BCUT2D eigenvalue weighted by Crippen LogP contribution is -2.43. The lowest BCUT2D eigenvalue weighted by atomic mass is 10.1. The standard InChI is InChI=1S/C14H24N4O2S/c1-6-11-9(2)17-18(4)13(11)16-14(20)12(7-8-21-5)15-10(3)19/h12H,6-8H2,1-5H3,(H,15,19)(H,16,20)/t12-/m0/s1. The molecule has 21 heavy (non-hydrogen) atoms. The van der Waals surface area contributed by atoms with Gasteiger partial charge in [0, 0.05) is 19.5 Å². The summed E-state index contributed by atoms with van der Waals surface area (Å²) >= 11 is 1.65. The van der Waals surface area contributed by atoms with E-state index in [1.165, 1.54) is 6.92 Å². The summed E-state index contributed by atoms with van der Waals surface area (Å²) in [4.78, 5) is 23.7. The zero-order valence-electron chi connectivity index (χ0n) is 13.3. The molecule has 1 aromatic rings. The molecule has 0 spiro atoms. The SMILES string of the molecule is CCc1c(C)nn(C)c1NC(=O)[C@H](CCSC)NC(C)=O. The minimum Gasteiger partial charge on any atom is -0.345 e. The van der Waals surface area contributed by atoms with Crippen molar-refractivity contribution in [2.45, 2.75) is 39.7 Å². The van der Waals surface area contributed by atoms with Crippen LogP contribution >= 0.6 is 11.8 Å². The number of aryl methyl sites for hydroxylation is 2. The summed E-state index contributed by atoms with van der Waals surface area (Å²) in [6.45, 7) is 5.37. The number of carbonyl (C=O) groups excluding carboxylic acids is 2. The largest absolute Gasteiger partial charge is 0.345 e. The molecule has 1 heterocycles. The predicted molar refractivity (Wildman–Crippen MR) is 86.6 cm³/mol. The monoisotopic (exact) mass is 312 g/mol. The van der Waals surface area contributed by atoms with E-state index < -0.39 is 6.04 Å². The zero-order chi connectivity index (χ0) is 16.0. The van der Waals surface area contributed by atoms with Gasteiger partial charge in [0.2, 0.25) is 11.8 Å². The summed E-state index contributed by atoms with van der Waals surface area (Å²) in [5.74, 6) is 1.12. The predicted octanol–water partition coefficient (Wildman–Crippen LogP) is 1.49. The van der Waals surface area contributed by atoms with Gasteiger partial charge in [0.25, 0.3) is 0 Å². The van der Waals surface area contributed by atoms with E-state index in [1.807, 2.05) is 20.1 Å². The van der Waals surface area contributed by atoms with Gasteiger partial charge in [-0.1, -0.05) is 6.92 Å². The van der Waals surface area contributed by atoms with Crippen LogP contribution in [0.15, 0.2) is 0 Å². The van der Waals surface area contributed by atoms with Crippen LogP contribution < -0.4 is 10.6 Å². The van der Waals surface area contributed by atoms with E-state index in [0.29, 0.717) is 12.2 Å². The van der Waals surface area contributed by atoms with Crippen LogP contribution in [0.5, 0.6) is 0 Å². The molecule has 2 N–H and O–H groups in total. The van der Waals surface area contributed by atoms with Crippen molar-refractivity contribution in [2.75, 3.05) is 17.3 Å². The van der Waals surface area contributed by atoms with Gasteiger partial charge in [-0.05, 0) is 31.8 Å². The maximum atomic E-state index is 12.4. The Labute approximate surface area is 130 Å². The number of carbonyl (C=O) groups is 2. The molecule has 1 aromatic heterocycles. The van der Waals surface area contributed by atoms with Gasteiger partial charge in [0.05, 0.1) is 5.69 Å². The highest BCUT2D eigenvalue weighted by atomic mass is 32.2. The van der Waals surface area contributed by atoms with E-state index in [4.69, 9.17) is 0 Å². The van der Waals surface area contributed by atoms with Gasteiger partial charge in [-0.25, -0.2) is 0 Å². The number of rotatable bonds is 7. The van der Waals surface area contributed by atoms with E-state index in [9.17, 15) is 9.59 Å². The molecule has 1 rings (SSSR count). The molecule has 0 aromatic carbocycles. The molecule has 0 aliphatic carbocycles. The van der Waals surface area contributed by atoms with Gasteiger partial charge in [-0.15, -0.1) is 0 Å². The topological polar surface area (TPSA) is 76.0 Å². The zero-order valence-corrected chi connectivity index (χ0v) is 14.1. The number of hydrogen-bond acceptors (Lipinski definition) is 4. The van der Waals surface area contributed by atoms with Crippen molar-refractivity contribution < 1.29 is 9.59 Å². The number of aromatic nitrogens is 2. The van der Waals surface area contributed by atoms with Gasteiger partial charge >= 0.3 is 0 Å². The number of hydrogen-bond donors (Lipinski definition) is 2. The van der Waals surface area contributed by atoms with Crippen LogP contribution in [0.25, 0.3) is 0 Å². The first-order chi connectivity index (χ1) is 9.90. The highest BCUT2D eigenvalue weighted by Gasteiger charge is 2.22. The minimum absolute atomic E-state index is 0.197. The minimum atomic E-state index is -0.519. The number of amides is 2. The van der Waals surface area contributed by atoms with Gasteiger partial charge in [0.1, 0.15) is 11.9 Å². The molecular weight excluding hydrogens is 288 g/mol. The Morgan fingerprint density at radius 3 is 2.62 bits per heavy atom. The quantitative estimate of drug-likeness (QED) is 0.800. The summed E-state index contributed by atoms with van der Waals surface area (Å²) in [5.41, 5.74) is 1.94. The molecule has 6 nitrogen and oxygen atoms in total. The Balaban J connectivity index is 2.88. The average molecular weight is 312 g/mol. The fourth-order valence-corrected chi connectivity index (χ4v) is 2.71. The van der Waals surface area contributed by atoms with Crippen LogP contribution in [0.3, 0.4) is 0 Å². The van der Waals surface area contributed by atoms with E-state index >= 15 is 0 Å². The summed E-state index contributed by atoms with van der Waals surface area (Å²) in [6, 6.07) is -0.519. The maximum Gasteiger partial charge on any atom is 0.248 e. The summed E-state index contributed by atoms with van der Waals surface area (Å²) in [6.07, 6.45) is 3.37. The molecule has 0 fully saturated rings. The molecule has 0 unspecified atom stereocenters. The van der Waals surface area contributed by atoms with Crippen molar-refractivity contribution in [3.05, 3.63) is 11.3 Å². The summed E-state index contributed by atoms with van der Waals surface area (Å²) in [7, 11) is 1.80. The van der Waals surface area contributed by atoms with Crippen molar-refractivity contribution in [2.24, 2.45) is 7.05 Å². The molecule has 0 saturated carbocycles. The second-order valence-corrected chi connectivity index (χ2v) is 5.90. The molecule has 2 amide bonds. The van der Waals surface area contributed by atoms with Crippen LogP contribution in [-0.2, 0) is 23.1 Å². The molecular formula is C14H24N4O2S. The molecule has 0 aliphatic rings. The Morgan fingerprint density at radius 1 is 1.43 bits per heavy atom. The van der Waals surface area contributed by atoms with Crippen LogP contribution in [0.4, 0.5) is 5.82 Å². The molecule has 7 heteroatoms.